The monoisotopic (exact) mass is 311 g/mol. The van der Waals surface area contributed by atoms with Crippen LogP contribution in [-0.2, 0) is 6.54 Å². The van der Waals surface area contributed by atoms with E-state index in [-0.39, 0.29) is 0 Å². The van der Waals surface area contributed by atoms with Gasteiger partial charge in [-0.15, -0.1) is 0 Å². The highest BCUT2D eigenvalue weighted by molar-refractivity contribution is 9.10. The summed E-state index contributed by atoms with van der Waals surface area (Å²) < 4.78 is 1.19. The largest absolute Gasteiger partial charge is 0.396 e. The first kappa shape index (κ1) is 14.0. The molecular weight excluding hydrogens is 290 g/mol. The van der Waals surface area contributed by atoms with E-state index in [0.717, 1.165) is 19.4 Å². The lowest BCUT2D eigenvalue weighted by Crippen LogP contribution is -2.33. The second kappa shape index (κ2) is 6.69. The van der Waals surface area contributed by atoms with Crippen LogP contribution in [0.2, 0.25) is 0 Å². The van der Waals surface area contributed by atoms with Crippen LogP contribution in [0.4, 0.5) is 0 Å². The summed E-state index contributed by atoms with van der Waals surface area (Å²) in [6, 6.07) is 7.12. The topological polar surface area (TPSA) is 32.3 Å². The van der Waals surface area contributed by atoms with Gasteiger partial charge < -0.3 is 10.4 Å². The minimum atomic E-state index is 0.357. The van der Waals surface area contributed by atoms with Crippen LogP contribution < -0.4 is 5.32 Å². The van der Waals surface area contributed by atoms with Gasteiger partial charge in [0.05, 0.1) is 0 Å². The lowest BCUT2D eigenvalue weighted by Gasteiger charge is -2.28. The summed E-state index contributed by atoms with van der Waals surface area (Å²) in [5.41, 5.74) is 2.61. The van der Waals surface area contributed by atoms with Gasteiger partial charge >= 0.3 is 0 Å². The van der Waals surface area contributed by atoms with Gasteiger partial charge in [-0.1, -0.05) is 28.1 Å². The Balaban J connectivity index is 1.81. The fraction of sp³-hybridized carbons (Fsp3) is 0.600. The van der Waals surface area contributed by atoms with E-state index in [4.69, 9.17) is 5.11 Å². The predicted octanol–water partition coefficient (Wildman–Crippen LogP) is 3.40. The van der Waals surface area contributed by atoms with Crippen LogP contribution in [-0.4, -0.2) is 17.8 Å². The van der Waals surface area contributed by atoms with Crippen molar-refractivity contribution in [3.05, 3.63) is 33.8 Å². The first-order valence-electron chi connectivity index (χ1n) is 6.78. The molecule has 18 heavy (non-hydrogen) atoms. The molecule has 1 saturated carbocycles. The minimum absolute atomic E-state index is 0.357. The fourth-order valence-electron chi connectivity index (χ4n) is 2.60. The molecule has 0 saturated heterocycles. The first-order valence-corrected chi connectivity index (χ1v) is 7.57. The van der Waals surface area contributed by atoms with Crippen molar-refractivity contribution in [3.8, 4) is 0 Å². The third-order valence-corrected chi connectivity index (χ3v) is 4.63. The fourth-order valence-corrected chi connectivity index (χ4v) is 3.23. The van der Waals surface area contributed by atoms with Gasteiger partial charge in [0.2, 0.25) is 0 Å². The molecule has 0 radical (unpaired) electrons. The van der Waals surface area contributed by atoms with Gasteiger partial charge in [0, 0.05) is 23.7 Å². The lowest BCUT2D eigenvalue weighted by atomic mass is 9.86. The van der Waals surface area contributed by atoms with Crippen LogP contribution in [0.5, 0.6) is 0 Å². The average molecular weight is 312 g/mol. The molecule has 0 spiro atoms. The highest BCUT2D eigenvalue weighted by atomic mass is 79.9. The van der Waals surface area contributed by atoms with Crippen LogP contribution in [0.15, 0.2) is 22.7 Å². The third-order valence-electron chi connectivity index (χ3n) is 3.89. The highest BCUT2D eigenvalue weighted by Crippen LogP contribution is 2.24. The van der Waals surface area contributed by atoms with E-state index < -0.39 is 0 Å². The molecular formula is C15H22BrNO. The average Bonchev–Trinajstić information content (AvgIpc) is 2.38. The summed E-state index contributed by atoms with van der Waals surface area (Å²) in [7, 11) is 0. The first-order chi connectivity index (χ1) is 8.69. The zero-order valence-electron chi connectivity index (χ0n) is 11.0. The molecule has 0 unspecified atom stereocenters. The van der Waals surface area contributed by atoms with Crippen molar-refractivity contribution < 1.29 is 5.11 Å². The molecule has 0 amide bonds. The van der Waals surface area contributed by atoms with Gasteiger partial charge in [0.15, 0.2) is 0 Å². The highest BCUT2D eigenvalue weighted by Gasteiger charge is 2.20. The second-order valence-electron chi connectivity index (χ2n) is 5.38. The van der Waals surface area contributed by atoms with Gasteiger partial charge in [-0.25, -0.2) is 0 Å². The Morgan fingerprint density at radius 1 is 1.28 bits per heavy atom. The standard InChI is InChI=1S/C15H22BrNO/c1-11-2-5-13(15(16)8-11)9-17-14-6-3-12(10-18)4-7-14/h2,5,8,12,14,17-18H,3-4,6-7,9-10H2,1H3. The number of hydrogen-bond donors (Lipinski definition) is 2. The number of aliphatic hydroxyl groups excluding tert-OH is 1. The van der Waals surface area contributed by atoms with E-state index in [9.17, 15) is 0 Å². The number of nitrogens with one attached hydrogen (secondary N) is 1. The van der Waals surface area contributed by atoms with E-state index in [2.05, 4.69) is 46.4 Å². The molecule has 1 aromatic rings. The van der Waals surface area contributed by atoms with Crippen molar-refractivity contribution in [2.45, 2.75) is 45.2 Å². The number of aryl methyl sites for hydroxylation is 1. The molecule has 2 N–H and O–H groups in total. The molecule has 1 aromatic carbocycles. The predicted molar refractivity (Wildman–Crippen MR) is 78.6 cm³/mol. The normalized spacial score (nSPS) is 24.2. The number of hydrogen-bond acceptors (Lipinski definition) is 2. The summed E-state index contributed by atoms with van der Waals surface area (Å²) in [5, 5.41) is 12.8. The lowest BCUT2D eigenvalue weighted by molar-refractivity contribution is 0.175. The molecule has 0 aliphatic heterocycles. The third kappa shape index (κ3) is 3.81. The van der Waals surface area contributed by atoms with Gasteiger partial charge in [-0.05, 0) is 55.7 Å². The molecule has 1 aliphatic carbocycles. The van der Waals surface area contributed by atoms with Crippen LogP contribution in [0.3, 0.4) is 0 Å². The van der Waals surface area contributed by atoms with Gasteiger partial charge in [0.1, 0.15) is 0 Å². The van der Waals surface area contributed by atoms with Crippen molar-refractivity contribution in [2.75, 3.05) is 6.61 Å². The zero-order chi connectivity index (χ0) is 13.0. The summed E-state index contributed by atoms with van der Waals surface area (Å²) in [4.78, 5) is 0. The zero-order valence-corrected chi connectivity index (χ0v) is 12.5. The van der Waals surface area contributed by atoms with E-state index in [1.807, 2.05) is 0 Å². The van der Waals surface area contributed by atoms with Crippen molar-refractivity contribution in [1.82, 2.24) is 5.32 Å². The molecule has 1 aliphatic rings. The summed E-state index contributed by atoms with van der Waals surface area (Å²) in [6.07, 6.45) is 4.69. The van der Waals surface area contributed by atoms with Gasteiger partial charge in [0.25, 0.3) is 0 Å². The Morgan fingerprint density at radius 3 is 2.61 bits per heavy atom. The quantitative estimate of drug-likeness (QED) is 0.893. The maximum atomic E-state index is 9.12. The molecule has 0 aromatic heterocycles. The van der Waals surface area contributed by atoms with Gasteiger partial charge in [-0.2, -0.15) is 0 Å². The second-order valence-corrected chi connectivity index (χ2v) is 6.23. The van der Waals surface area contributed by atoms with Crippen LogP contribution in [0.25, 0.3) is 0 Å². The Morgan fingerprint density at radius 2 is 2.00 bits per heavy atom. The molecule has 2 nitrogen and oxygen atoms in total. The summed E-state index contributed by atoms with van der Waals surface area (Å²) in [5.74, 6) is 0.536. The van der Waals surface area contributed by atoms with E-state index >= 15 is 0 Å². The van der Waals surface area contributed by atoms with E-state index in [1.165, 1.54) is 28.4 Å². The number of halogens is 1. The Kier molecular flexibility index (Phi) is 5.22. The van der Waals surface area contributed by atoms with E-state index in [1.54, 1.807) is 0 Å². The van der Waals surface area contributed by atoms with Crippen molar-refractivity contribution in [1.29, 1.82) is 0 Å². The smallest absolute Gasteiger partial charge is 0.0459 e. The summed E-state index contributed by atoms with van der Waals surface area (Å²) in [6.45, 7) is 3.39. The van der Waals surface area contributed by atoms with Crippen LogP contribution in [0, 0.1) is 12.8 Å². The SMILES string of the molecule is Cc1ccc(CNC2CCC(CO)CC2)c(Br)c1. The minimum Gasteiger partial charge on any atom is -0.396 e. The number of benzene rings is 1. The van der Waals surface area contributed by atoms with Crippen LogP contribution >= 0.6 is 15.9 Å². The maximum absolute atomic E-state index is 9.12. The Labute approximate surface area is 118 Å². The molecule has 1 fully saturated rings. The molecule has 0 bridgehead atoms. The van der Waals surface area contributed by atoms with E-state index in [0.29, 0.717) is 18.6 Å². The molecule has 2 rings (SSSR count). The summed E-state index contributed by atoms with van der Waals surface area (Å²) >= 11 is 3.62. The number of rotatable bonds is 4. The van der Waals surface area contributed by atoms with Crippen LogP contribution in [0.1, 0.15) is 36.8 Å². The maximum Gasteiger partial charge on any atom is 0.0459 e. The molecule has 0 atom stereocenters. The molecule has 0 heterocycles. The Hall–Kier alpha value is -0.380. The van der Waals surface area contributed by atoms with Crippen molar-refractivity contribution in [2.24, 2.45) is 5.92 Å². The molecule has 100 valence electrons. The van der Waals surface area contributed by atoms with Gasteiger partial charge in [-0.3, -0.25) is 0 Å². The Bertz CT molecular complexity index is 386. The number of aliphatic hydroxyl groups is 1. The molecule has 3 heteroatoms. The van der Waals surface area contributed by atoms with Crippen molar-refractivity contribution >= 4 is 15.9 Å². The van der Waals surface area contributed by atoms with Crippen molar-refractivity contribution in [3.63, 3.8) is 0 Å².